The van der Waals surface area contributed by atoms with Gasteiger partial charge in [-0.1, -0.05) is 73.0 Å². The molecule has 0 spiro atoms. The lowest BCUT2D eigenvalue weighted by atomic mass is 10.1. The minimum atomic E-state index is -1.32. The van der Waals surface area contributed by atoms with Crippen molar-refractivity contribution in [1.82, 2.24) is 10.3 Å². The summed E-state index contributed by atoms with van der Waals surface area (Å²) < 4.78 is 0. The van der Waals surface area contributed by atoms with Crippen LogP contribution in [0.25, 0.3) is 0 Å². The van der Waals surface area contributed by atoms with Gasteiger partial charge in [-0.05, 0) is 67.8 Å². The molecule has 1 aliphatic rings. The lowest BCUT2D eigenvalue weighted by molar-refractivity contribution is -0.124. The van der Waals surface area contributed by atoms with E-state index in [1.54, 1.807) is 12.3 Å². The van der Waals surface area contributed by atoms with Gasteiger partial charge in [0.1, 0.15) is 0 Å². The van der Waals surface area contributed by atoms with E-state index >= 15 is 0 Å². The molecule has 200 valence electrons. The Morgan fingerprint density at radius 1 is 1.19 bits per heavy atom. The molecule has 1 aromatic heterocycles. The topological polar surface area (TPSA) is 86.6 Å². The van der Waals surface area contributed by atoms with Crippen LogP contribution < -0.4 is 10.6 Å². The highest BCUT2D eigenvalue weighted by Gasteiger charge is 2.21. The molecule has 1 aliphatic heterocycles. The van der Waals surface area contributed by atoms with Crippen molar-refractivity contribution in [2.75, 3.05) is 5.32 Å². The number of benzene rings is 1. The molecule has 3 rings (SSSR count). The second kappa shape index (κ2) is 15.6. The van der Waals surface area contributed by atoms with E-state index in [-0.39, 0.29) is 11.8 Å². The zero-order valence-corrected chi connectivity index (χ0v) is 24.2. The van der Waals surface area contributed by atoms with Crippen LogP contribution >= 0.6 is 8.58 Å². The SMILES string of the molecule is C/C=C1/N=CC(NC(C)c2cccc(NC(=O)C(O)c3ccc(C)cn3)c2)P/C1=C\CC(C)C.CCC. The van der Waals surface area contributed by atoms with Crippen molar-refractivity contribution in [1.29, 1.82) is 0 Å². The average Bonchev–Trinajstić information content (AvgIpc) is 2.88. The Kier molecular flexibility index (Phi) is 12.9. The summed E-state index contributed by atoms with van der Waals surface area (Å²) in [6, 6.07) is 11.2. The number of rotatable bonds is 8. The second-order valence-corrected chi connectivity index (χ2v) is 11.1. The van der Waals surface area contributed by atoms with Crippen LogP contribution in [0.3, 0.4) is 0 Å². The molecule has 4 unspecified atom stereocenters. The minimum absolute atomic E-state index is 0.0583. The van der Waals surface area contributed by atoms with Crippen LogP contribution in [0.5, 0.6) is 0 Å². The Morgan fingerprint density at radius 2 is 1.92 bits per heavy atom. The van der Waals surface area contributed by atoms with Crippen molar-refractivity contribution in [3.63, 3.8) is 0 Å². The van der Waals surface area contributed by atoms with Gasteiger partial charge in [0.05, 0.1) is 17.2 Å². The summed E-state index contributed by atoms with van der Waals surface area (Å²) >= 11 is 0. The molecule has 6 nitrogen and oxygen atoms in total. The lowest BCUT2D eigenvalue weighted by Crippen LogP contribution is -2.31. The van der Waals surface area contributed by atoms with Crippen molar-refractivity contribution in [2.24, 2.45) is 10.9 Å². The molecule has 0 fully saturated rings. The van der Waals surface area contributed by atoms with Crippen LogP contribution in [-0.4, -0.2) is 28.0 Å². The Labute approximate surface area is 224 Å². The number of aliphatic imine (C=N–C) groups is 1. The number of carbonyl (C=O) groups is 1. The van der Waals surface area contributed by atoms with Crippen molar-refractivity contribution in [3.8, 4) is 0 Å². The van der Waals surface area contributed by atoms with E-state index in [2.05, 4.69) is 67.4 Å². The van der Waals surface area contributed by atoms with Crippen LogP contribution in [0.1, 0.15) is 83.4 Å². The Balaban J connectivity index is 0.00000153. The second-order valence-electron chi connectivity index (χ2n) is 9.69. The number of aromatic nitrogens is 1. The van der Waals surface area contributed by atoms with Gasteiger partial charge in [0.2, 0.25) is 0 Å². The van der Waals surface area contributed by atoms with Crippen LogP contribution in [0, 0.1) is 12.8 Å². The molecule has 3 N–H and O–H groups in total. The smallest absolute Gasteiger partial charge is 0.259 e. The van der Waals surface area contributed by atoms with Gasteiger partial charge in [-0.3, -0.25) is 20.1 Å². The first-order chi connectivity index (χ1) is 17.7. The number of nitrogens with zero attached hydrogens (tertiary/aromatic N) is 2. The molecule has 7 heteroatoms. The van der Waals surface area contributed by atoms with E-state index < -0.39 is 12.0 Å². The van der Waals surface area contributed by atoms with Gasteiger partial charge in [0, 0.05) is 24.1 Å². The zero-order chi connectivity index (χ0) is 27.4. The van der Waals surface area contributed by atoms with E-state index in [0.717, 1.165) is 23.2 Å². The molecule has 0 aliphatic carbocycles. The largest absolute Gasteiger partial charge is 0.377 e. The van der Waals surface area contributed by atoms with E-state index in [0.29, 0.717) is 25.9 Å². The van der Waals surface area contributed by atoms with Gasteiger partial charge >= 0.3 is 0 Å². The van der Waals surface area contributed by atoms with Crippen molar-refractivity contribution < 1.29 is 9.90 Å². The molecule has 0 saturated heterocycles. The summed E-state index contributed by atoms with van der Waals surface area (Å²) in [5.41, 5.74) is 4.04. The Bertz CT molecular complexity index is 1090. The molecule has 2 aromatic rings. The Hall–Kier alpha value is -2.66. The third kappa shape index (κ3) is 9.96. The number of amides is 1. The number of allylic oxidation sites excluding steroid dienone is 3. The molecular weight excluding hydrogens is 479 g/mol. The van der Waals surface area contributed by atoms with Crippen LogP contribution in [0.4, 0.5) is 5.69 Å². The molecule has 0 bridgehead atoms. The number of pyridine rings is 1. The fraction of sp³-hybridized carbons (Fsp3) is 0.433. The van der Waals surface area contributed by atoms with E-state index in [9.17, 15) is 9.90 Å². The number of hydrogen-bond acceptors (Lipinski definition) is 5. The molecule has 1 aromatic carbocycles. The van der Waals surface area contributed by atoms with Crippen molar-refractivity contribution in [2.45, 2.75) is 79.2 Å². The summed E-state index contributed by atoms with van der Waals surface area (Å²) in [4.78, 5) is 21.4. The highest BCUT2D eigenvalue weighted by molar-refractivity contribution is 7.45. The standard InChI is InChI=1S/C27H35N4O2P.C3H8/c1-6-22-24(13-10-17(2)3)34-25(16-29-22)30-19(5)20-8-7-9-21(14-20)31-27(33)26(32)23-12-11-18(4)15-28-23;1-3-2/h6-9,11-17,19,25-26,30,32,34H,10H2,1-5H3,(H,31,33);3H2,1-2H3/b22-6+,24-13-;. The fourth-order valence-corrected chi connectivity index (χ4v) is 4.98. The van der Waals surface area contributed by atoms with E-state index in [1.165, 1.54) is 11.7 Å². The number of aliphatic hydroxyl groups excluding tert-OH is 1. The first-order valence-corrected chi connectivity index (χ1v) is 14.2. The molecule has 37 heavy (non-hydrogen) atoms. The predicted octanol–water partition coefficient (Wildman–Crippen LogP) is 7.05. The molecule has 0 radical (unpaired) electrons. The van der Waals surface area contributed by atoms with Crippen molar-refractivity contribution in [3.05, 3.63) is 82.6 Å². The number of nitrogens with one attached hydrogen (secondary N) is 2. The van der Waals surface area contributed by atoms with Gasteiger partial charge < -0.3 is 10.4 Å². The quantitative estimate of drug-likeness (QED) is 0.324. The maximum absolute atomic E-state index is 12.6. The number of anilines is 1. The number of aryl methyl sites for hydroxylation is 1. The maximum Gasteiger partial charge on any atom is 0.259 e. The third-order valence-electron chi connectivity index (χ3n) is 5.56. The zero-order valence-electron chi connectivity index (χ0n) is 23.2. The van der Waals surface area contributed by atoms with Crippen LogP contribution in [0.15, 0.2) is 70.8 Å². The highest BCUT2D eigenvalue weighted by atomic mass is 31.1. The summed E-state index contributed by atoms with van der Waals surface area (Å²) in [5.74, 6) is 0.267. The fourth-order valence-electron chi connectivity index (χ4n) is 3.57. The number of aliphatic hydroxyl groups is 1. The molecule has 4 atom stereocenters. The van der Waals surface area contributed by atoms with E-state index in [4.69, 9.17) is 0 Å². The summed E-state index contributed by atoms with van der Waals surface area (Å²) in [6.07, 6.45) is 8.99. The van der Waals surface area contributed by atoms with Crippen LogP contribution in [-0.2, 0) is 4.79 Å². The predicted molar refractivity (Wildman–Crippen MR) is 158 cm³/mol. The number of hydrogen-bond donors (Lipinski definition) is 3. The summed E-state index contributed by atoms with van der Waals surface area (Å²) in [6.45, 7) is 14.7. The van der Waals surface area contributed by atoms with Gasteiger partial charge in [-0.15, -0.1) is 0 Å². The molecule has 1 amide bonds. The minimum Gasteiger partial charge on any atom is -0.377 e. The molecule has 0 saturated carbocycles. The third-order valence-corrected chi connectivity index (χ3v) is 6.96. The lowest BCUT2D eigenvalue weighted by Gasteiger charge is -2.26. The average molecular weight is 523 g/mol. The molecule has 2 heterocycles. The van der Waals surface area contributed by atoms with Crippen LogP contribution in [0.2, 0.25) is 0 Å². The van der Waals surface area contributed by atoms with Crippen molar-refractivity contribution >= 4 is 26.4 Å². The summed E-state index contributed by atoms with van der Waals surface area (Å²) in [5, 5.41) is 18.1. The number of carbonyl (C=O) groups excluding carboxylic acids is 1. The first kappa shape index (κ1) is 30.6. The molecular formula is C30H43N4O2P. The van der Waals surface area contributed by atoms with Gasteiger partial charge in [-0.25, -0.2) is 0 Å². The maximum atomic E-state index is 12.6. The highest BCUT2D eigenvalue weighted by Crippen LogP contribution is 2.39. The Morgan fingerprint density at radius 3 is 2.54 bits per heavy atom. The van der Waals surface area contributed by atoms with E-state index in [1.807, 2.05) is 50.4 Å². The van der Waals surface area contributed by atoms with Gasteiger partial charge in [0.15, 0.2) is 6.10 Å². The normalized spacial score (nSPS) is 19.5. The monoisotopic (exact) mass is 522 g/mol. The first-order valence-electron chi connectivity index (χ1n) is 13.1. The van der Waals surface area contributed by atoms with Gasteiger partial charge in [-0.2, -0.15) is 0 Å². The van der Waals surface area contributed by atoms with Gasteiger partial charge in [0.25, 0.3) is 5.91 Å². The summed E-state index contributed by atoms with van der Waals surface area (Å²) in [7, 11) is 0.604.